The van der Waals surface area contributed by atoms with Crippen LogP contribution in [0.1, 0.15) is 36.7 Å². The number of aromatic nitrogens is 6. The van der Waals surface area contributed by atoms with Crippen molar-refractivity contribution >= 4 is 46.8 Å². The Morgan fingerprint density at radius 3 is 2.62 bits per heavy atom. The number of halogens is 2. The molecule has 2 aromatic carbocycles. The second-order valence-corrected chi connectivity index (χ2v) is 9.87. The lowest BCUT2D eigenvalue weighted by molar-refractivity contribution is -0.131. The van der Waals surface area contributed by atoms with E-state index < -0.39 is 11.9 Å². The van der Waals surface area contributed by atoms with Gasteiger partial charge in [0, 0.05) is 41.0 Å². The highest BCUT2D eigenvalue weighted by Gasteiger charge is 2.27. The first-order chi connectivity index (χ1) is 18.9. The number of benzene rings is 2. The van der Waals surface area contributed by atoms with Crippen LogP contribution in [0.2, 0.25) is 10.2 Å². The maximum absolute atomic E-state index is 13.1. The standard InChI is InChI=1S/C26H25Cl2N9O2/c27-18-6-9-21(37-15-30-34-35-37)17(13-18)5-10-22(38)31-20(14-23(39)36-11-1-2-12-36)26-32-24(25(28)33-26)16-3-7-19(29)8-4-16/h3-10,13,15,20H,1-2,11-12,14,29H2,(H,31,38)(H,32,33)/b10-5+/t20-/m0/s1. The number of hydrogen-bond acceptors (Lipinski definition) is 7. The molecule has 1 saturated heterocycles. The first-order valence-electron chi connectivity index (χ1n) is 12.3. The van der Waals surface area contributed by atoms with Crippen LogP contribution < -0.4 is 11.1 Å². The molecule has 39 heavy (non-hydrogen) atoms. The van der Waals surface area contributed by atoms with E-state index in [-0.39, 0.29) is 12.3 Å². The lowest BCUT2D eigenvalue weighted by Crippen LogP contribution is -2.35. The van der Waals surface area contributed by atoms with Crippen LogP contribution in [0.25, 0.3) is 23.0 Å². The molecule has 0 aliphatic carbocycles. The summed E-state index contributed by atoms with van der Waals surface area (Å²) in [4.78, 5) is 35.6. The minimum Gasteiger partial charge on any atom is -0.399 e. The Morgan fingerprint density at radius 1 is 1.13 bits per heavy atom. The molecule has 3 heterocycles. The molecule has 5 rings (SSSR count). The quantitative estimate of drug-likeness (QED) is 0.217. The fourth-order valence-electron chi connectivity index (χ4n) is 4.38. The van der Waals surface area contributed by atoms with E-state index in [2.05, 4.69) is 30.8 Å². The number of nitrogens with one attached hydrogen (secondary N) is 2. The number of rotatable bonds is 8. The monoisotopic (exact) mass is 565 g/mol. The van der Waals surface area contributed by atoms with Gasteiger partial charge in [0.15, 0.2) is 0 Å². The largest absolute Gasteiger partial charge is 0.399 e. The van der Waals surface area contributed by atoms with Crippen molar-refractivity contribution in [3.05, 3.63) is 76.4 Å². The van der Waals surface area contributed by atoms with E-state index in [0.29, 0.717) is 51.7 Å². The van der Waals surface area contributed by atoms with Gasteiger partial charge in [-0.05, 0) is 59.7 Å². The van der Waals surface area contributed by atoms with Gasteiger partial charge in [-0.25, -0.2) is 4.98 Å². The van der Waals surface area contributed by atoms with Gasteiger partial charge in [-0.1, -0.05) is 35.3 Å². The Morgan fingerprint density at radius 2 is 1.90 bits per heavy atom. The van der Waals surface area contributed by atoms with E-state index in [9.17, 15) is 9.59 Å². The summed E-state index contributed by atoms with van der Waals surface area (Å²) in [5.41, 5.74) is 8.94. The summed E-state index contributed by atoms with van der Waals surface area (Å²) in [6.07, 6.45) is 6.35. The van der Waals surface area contributed by atoms with Crippen LogP contribution in [0.4, 0.5) is 5.69 Å². The highest BCUT2D eigenvalue weighted by Crippen LogP contribution is 2.29. The lowest BCUT2D eigenvalue weighted by Gasteiger charge is -2.20. The summed E-state index contributed by atoms with van der Waals surface area (Å²) in [6, 6.07) is 11.5. The first kappa shape index (κ1) is 26.4. The maximum Gasteiger partial charge on any atom is 0.244 e. The van der Waals surface area contributed by atoms with Gasteiger partial charge in [-0.3, -0.25) is 9.59 Å². The van der Waals surface area contributed by atoms with Crippen LogP contribution >= 0.6 is 23.2 Å². The first-order valence-corrected chi connectivity index (χ1v) is 13.0. The summed E-state index contributed by atoms with van der Waals surface area (Å²) < 4.78 is 1.47. The number of aromatic amines is 1. The molecule has 200 valence electrons. The molecule has 0 unspecified atom stereocenters. The molecule has 1 fully saturated rings. The zero-order chi connectivity index (χ0) is 27.4. The normalized spacial score (nSPS) is 14.2. The Bertz CT molecular complexity index is 1490. The van der Waals surface area contributed by atoms with E-state index in [4.69, 9.17) is 28.9 Å². The predicted molar refractivity (Wildman–Crippen MR) is 148 cm³/mol. The fourth-order valence-corrected chi connectivity index (χ4v) is 4.81. The molecule has 1 aliphatic rings. The van der Waals surface area contributed by atoms with Gasteiger partial charge in [0.1, 0.15) is 23.0 Å². The van der Waals surface area contributed by atoms with Crippen molar-refractivity contribution in [2.45, 2.75) is 25.3 Å². The van der Waals surface area contributed by atoms with Crippen molar-refractivity contribution in [2.24, 2.45) is 0 Å². The third kappa shape index (κ3) is 6.27. The third-order valence-corrected chi connectivity index (χ3v) is 6.85. The van der Waals surface area contributed by atoms with E-state index in [1.165, 1.54) is 17.1 Å². The van der Waals surface area contributed by atoms with Crippen LogP contribution in [-0.4, -0.2) is 60.0 Å². The Balaban J connectivity index is 1.40. The van der Waals surface area contributed by atoms with Crippen molar-refractivity contribution in [1.29, 1.82) is 0 Å². The summed E-state index contributed by atoms with van der Waals surface area (Å²) in [5.74, 6) is -0.129. The smallest absolute Gasteiger partial charge is 0.244 e. The van der Waals surface area contributed by atoms with Crippen molar-refractivity contribution in [2.75, 3.05) is 18.8 Å². The number of nitrogens with two attached hydrogens (primary N) is 1. The van der Waals surface area contributed by atoms with Crippen molar-refractivity contribution in [3.63, 3.8) is 0 Å². The number of nitrogen functional groups attached to an aromatic ring is 1. The highest BCUT2D eigenvalue weighted by molar-refractivity contribution is 6.32. The molecule has 11 nitrogen and oxygen atoms in total. The van der Waals surface area contributed by atoms with Gasteiger partial charge < -0.3 is 20.9 Å². The fraction of sp³-hybridized carbons (Fsp3) is 0.231. The average Bonchev–Trinajstić information content (AvgIpc) is 3.70. The molecule has 1 atom stereocenters. The second kappa shape index (κ2) is 11.7. The van der Waals surface area contributed by atoms with E-state index >= 15 is 0 Å². The summed E-state index contributed by atoms with van der Waals surface area (Å²) >= 11 is 12.7. The van der Waals surface area contributed by atoms with Crippen molar-refractivity contribution < 1.29 is 9.59 Å². The molecular formula is C26H25Cl2N9O2. The number of hydrogen-bond donors (Lipinski definition) is 3. The predicted octanol–water partition coefficient (Wildman–Crippen LogP) is 3.82. The minimum absolute atomic E-state index is 0.0254. The molecule has 13 heteroatoms. The van der Waals surface area contributed by atoms with Crippen LogP contribution in [-0.2, 0) is 9.59 Å². The van der Waals surface area contributed by atoms with Crippen LogP contribution in [0.3, 0.4) is 0 Å². The summed E-state index contributed by atoms with van der Waals surface area (Å²) in [6.45, 7) is 1.40. The van der Waals surface area contributed by atoms with E-state index in [1.807, 2.05) is 0 Å². The van der Waals surface area contributed by atoms with Crippen LogP contribution in [0, 0.1) is 0 Å². The number of anilines is 1. The Labute approximate surface area is 234 Å². The Kier molecular flexibility index (Phi) is 7.89. The molecule has 0 bridgehead atoms. The topological polar surface area (TPSA) is 148 Å². The molecular weight excluding hydrogens is 541 g/mol. The average molecular weight is 566 g/mol. The number of tetrazole rings is 1. The highest BCUT2D eigenvalue weighted by atomic mass is 35.5. The molecule has 0 radical (unpaired) electrons. The number of carbonyl (C=O) groups is 2. The number of amides is 2. The van der Waals surface area contributed by atoms with Crippen molar-refractivity contribution in [1.82, 2.24) is 40.4 Å². The van der Waals surface area contributed by atoms with Gasteiger partial charge >= 0.3 is 0 Å². The van der Waals surface area contributed by atoms with E-state index in [0.717, 1.165) is 18.4 Å². The number of nitrogens with zero attached hydrogens (tertiary/aromatic N) is 6. The number of imidazole rings is 1. The zero-order valence-electron chi connectivity index (χ0n) is 20.7. The SMILES string of the molecule is Nc1ccc(-c2nc([C@H](CC(=O)N3CCCC3)NC(=O)/C=C/c3cc(Cl)ccc3-n3cnnn3)[nH]c2Cl)cc1. The molecule has 2 aromatic heterocycles. The van der Waals surface area contributed by atoms with Crippen molar-refractivity contribution in [3.8, 4) is 16.9 Å². The number of carbonyl (C=O) groups excluding carboxylic acids is 2. The molecule has 0 spiro atoms. The molecule has 2 amide bonds. The molecule has 0 saturated carbocycles. The number of likely N-dealkylation sites (tertiary alicyclic amines) is 1. The summed E-state index contributed by atoms with van der Waals surface area (Å²) in [7, 11) is 0. The third-order valence-electron chi connectivity index (χ3n) is 6.35. The van der Waals surface area contributed by atoms with E-state index in [1.54, 1.807) is 53.4 Å². The number of H-pyrrole nitrogens is 1. The minimum atomic E-state index is -0.742. The van der Waals surface area contributed by atoms with Crippen LogP contribution in [0.15, 0.2) is 54.9 Å². The molecule has 4 aromatic rings. The van der Waals surface area contributed by atoms with Gasteiger partial charge in [-0.15, -0.1) is 5.10 Å². The molecule has 4 N–H and O–H groups in total. The zero-order valence-corrected chi connectivity index (χ0v) is 22.2. The lowest BCUT2D eigenvalue weighted by atomic mass is 10.1. The van der Waals surface area contributed by atoms with Gasteiger partial charge in [-0.2, -0.15) is 4.68 Å². The van der Waals surface area contributed by atoms with Gasteiger partial charge in [0.2, 0.25) is 11.8 Å². The second-order valence-electron chi connectivity index (χ2n) is 9.05. The summed E-state index contributed by atoms with van der Waals surface area (Å²) in [5, 5.41) is 14.9. The maximum atomic E-state index is 13.1. The van der Waals surface area contributed by atoms with Gasteiger partial charge in [0.05, 0.1) is 18.2 Å². The van der Waals surface area contributed by atoms with Crippen LogP contribution in [0.5, 0.6) is 0 Å². The Hall–Kier alpha value is -4.22. The van der Waals surface area contributed by atoms with Gasteiger partial charge in [0.25, 0.3) is 0 Å². The molecule has 1 aliphatic heterocycles.